The van der Waals surface area contributed by atoms with Gasteiger partial charge in [-0.2, -0.15) is 0 Å². The van der Waals surface area contributed by atoms with Crippen LogP contribution in [0.15, 0.2) is 6.20 Å². The molecule has 0 bridgehead atoms. The molecule has 1 fully saturated rings. The van der Waals surface area contributed by atoms with E-state index >= 15 is 0 Å². The highest BCUT2D eigenvalue weighted by Gasteiger charge is 2.19. The van der Waals surface area contributed by atoms with Gasteiger partial charge in [0.15, 0.2) is 5.13 Å². The average Bonchev–Trinajstić information content (AvgIpc) is 2.88. The second-order valence-electron chi connectivity index (χ2n) is 3.78. The minimum absolute atomic E-state index is 0.00516. The Morgan fingerprint density at radius 1 is 1.65 bits per heavy atom. The number of thiazole rings is 1. The first-order valence-electron chi connectivity index (χ1n) is 5.32. The lowest BCUT2D eigenvalue weighted by Crippen LogP contribution is -2.19. The van der Waals surface area contributed by atoms with Crippen molar-refractivity contribution in [3.8, 4) is 0 Å². The van der Waals surface area contributed by atoms with Crippen molar-refractivity contribution in [3.63, 3.8) is 0 Å². The first-order chi connectivity index (χ1) is 8.15. The third-order valence-corrected chi connectivity index (χ3v) is 3.36. The smallest absolute Gasteiger partial charge is 0.260 e. The molecule has 0 aliphatic carbocycles. The fourth-order valence-electron chi connectivity index (χ4n) is 1.63. The molecular weight excluding hydrogens is 242 g/mol. The van der Waals surface area contributed by atoms with Crippen LogP contribution in [0, 0.1) is 0 Å². The van der Waals surface area contributed by atoms with Crippen LogP contribution in [-0.4, -0.2) is 29.5 Å². The number of nitrogens with one attached hydrogen (secondary N) is 1. The number of anilines is 1. The van der Waals surface area contributed by atoms with Crippen molar-refractivity contribution < 1.29 is 14.3 Å². The van der Waals surface area contributed by atoms with E-state index in [4.69, 9.17) is 10.5 Å². The monoisotopic (exact) mass is 255 g/mol. The van der Waals surface area contributed by atoms with Crippen molar-refractivity contribution in [1.82, 2.24) is 4.98 Å². The van der Waals surface area contributed by atoms with E-state index in [2.05, 4.69) is 10.3 Å². The van der Waals surface area contributed by atoms with Crippen LogP contribution >= 0.6 is 11.3 Å². The van der Waals surface area contributed by atoms with E-state index in [9.17, 15) is 9.59 Å². The highest BCUT2D eigenvalue weighted by Crippen LogP contribution is 2.19. The quantitative estimate of drug-likeness (QED) is 0.830. The Hall–Kier alpha value is -1.47. The summed E-state index contributed by atoms with van der Waals surface area (Å²) in [6, 6.07) is 0. The summed E-state index contributed by atoms with van der Waals surface area (Å²) in [5.41, 5.74) is 5.09. The number of carbonyl (C=O) groups excluding carboxylic acids is 2. The van der Waals surface area contributed by atoms with Gasteiger partial charge in [-0.1, -0.05) is 11.3 Å². The summed E-state index contributed by atoms with van der Waals surface area (Å²) in [5.74, 6) is -0.690. The second-order valence-corrected chi connectivity index (χ2v) is 4.81. The Bertz CT molecular complexity index is 426. The number of ether oxygens (including phenoxy) is 1. The normalized spacial score (nSPS) is 19.2. The molecule has 1 aliphatic heterocycles. The number of aromatic nitrogens is 1. The zero-order chi connectivity index (χ0) is 12.3. The zero-order valence-corrected chi connectivity index (χ0v) is 9.96. The molecule has 6 nitrogen and oxygen atoms in total. The van der Waals surface area contributed by atoms with Gasteiger partial charge in [-0.15, -0.1) is 0 Å². The molecule has 0 saturated carbocycles. The van der Waals surface area contributed by atoms with E-state index in [1.165, 1.54) is 6.20 Å². The van der Waals surface area contributed by atoms with Crippen LogP contribution in [0.3, 0.4) is 0 Å². The van der Waals surface area contributed by atoms with Gasteiger partial charge in [0.1, 0.15) is 4.88 Å². The highest BCUT2D eigenvalue weighted by atomic mass is 32.1. The van der Waals surface area contributed by atoms with Crippen LogP contribution in [0.5, 0.6) is 0 Å². The topological polar surface area (TPSA) is 94.3 Å². The molecule has 2 rings (SSSR count). The van der Waals surface area contributed by atoms with Crippen LogP contribution in [0.2, 0.25) is 0 Å². The minimum atomic E-state index is -0.540. The van der Waals surface area contributed by atoms with E-state index in [1.807, 2.05) is 0 Å². The predicted molar refractivity (Wildman–Crippen MR) is 62.9 cm³/mol. The van der Waals surface area contributed by atoms with Gasteiger partial charge >= 0.3 is 0 Å². The van der Waals surface area contributed by atoms with Crippen molar-refractivity contribution in [1.29, 1.82) is 0 Å². The molecule has 1 aromatic rings. The van der Waals surface area contributed by atoms with E-state index in [-0.39, 0.29) is 12.0 Å². The van der Waals surface area contributed by atoms with Crippen molar-refractivity contribution in [2.45, 2.75) is 25.4 Å². The number of carbonyl (C=O) groups is 2. The molecule has 1 aromatic heterocycles. The predicted octanol–water partition coefficient (Wildman–Crippen LogP) is 0.750. The van der Waals surface area contributed by atoms with Gasteiger partial charge in [-0.25, -0.2) is 4.98 Å². The average molecular weight is 255 g/mol. The first kappa shape index (κ1) is 12.0. The largest absolute Gasteiger partial charge is 0.378 e. The van der Waals surface area contributed by atoms with Gasteiger partial charge in [-0.05, 0) is 12.8 Å². The van der Waals surface area contributed by atoms with Crippen LogP contribution in [-0.2, 0) is 9.53 Å². The third-order valence-electron chi connectivity index (χ3n) is 2.43. The number of nitrogens with zero attached hydrogens (tertiary/aromatic N) is 1. The Kier molecular flexibility index (Phi) is 3.70. The van der Waals surface area contributed by atoms with Gasteiger partial charge in [0.25, 0.3) is 5.91 Å². The number of primary amides is 1. The fraction of sp³-hybridized carbons (Fsp3) is 0.500. The van der Waals surface area contributed by atoms with Crippen molar-refractivity contribution in [3.05, 3.63) is 11.1 Å². The Balaban J connectivity index is 1.86. The Labute approximate surface area is 102 Å². The molecule has 2 amide bonds. The molecule has 17 heavy (non-hydrogen) atoms. The maximum absolute atomic E-state index is 11.6. The summed E-state index contributed by atoms with van der Waals surface area (Å²) in [7, 11) is 0. The van der Waals surface area contributed by atoms with Gasteiger partial charge in [0.2, 0.25) is 5.91 Å². The SMILES string of the molecule is NC(=O)c1cnc(NC(=O)C[C@H]2CCCO2)s1. The molecule has 0 radical (unpaired) electrons. The molecule has 1 atom stereocenters. The summed E-state index contributed by atoms with van der Waals surface area (Å²) in [6.07, 6.45) is 3.60. The van der Waals surface area contributed by atoms with Gasteiger partial charge in [-0.3, -0.25) is 9.59 Å². The van der Waals surface area contributed by atoms with E-state index in [1.54, 1.807) is 0 Å². The summed E-state index contributed by atoms with van der Waals surface area (Å²) in [6.45, 7) is 0.723. The number of nitrogens with two attached hydrogens (primary N) is 1. The molecule has 0 aromatic carbocycles. The van der Waals surface area contributed by atoms with Gasteiger partial charge in [0, 0.05) is 6.61 Å². The van der Waals surface area contributed by atoms with Crippen molar-refractivity contribution in [2.75, 3.05) is 11.9 Å². The molecule has 2 heterocycles. The lowest BCUT2D eigenvalue weighted by Gasteiger charge is -2.07. The summed E-state index contributed by atoms with van der Waals surface area (Å²) in [5, 5.41) is 3.02. The van der Waals surface area contributed by atoms with E-state index in [0.29, 0.717) is 16.4 Å². The lowest BCUT2D eigenvalue weighted by atomic mass is 10.2. The number of hydrogen-bond acceptors (Lipinski definition) is 5. The van der Waals surface area contributed by atoms with E-state index < -0.39 is 5.91 Å². The number of amides is 2. The molecule has 7 heteroatoms. The molecule has 0 spiro atoms. The standard InChI is InChI=1S/C10H13N3O3S/c11-9(15)7-5-12-10(17-7)13-8(14)4-6-2-1-3-16-6/h5-6H,1-4H2,(H2,11,15)(H,12,13,14)/t6-/m1/s1. The van der Waals surface area contributed by atoms with Crippen LogP contribution in [0.4, 0.5) is 5.13 Å². The Morgan fingerprint density at radius 2 is 2.47 bits per heavy atom. The zero-order valence-electron chi connectivity index (χ0n) is 9.14. The molecule has 1 aliphatic rings. The third kappa shape index (κ3) is 3.24. The maximum atomic E-state index is 11.6. The maximum Gasteiger partial charge on any atom is 0.260 e. The number of rotatable bonds is 4. The summed E-state index contributed by atoms with van der Waals surface area (Å²) >= 11 is 1.07. The highest BCUT2D eigenvalue weighted by molar-refractivity contribution is 7.17. The van der Waals surface area contributed by atoms with Crippen molar-refractivity contribution in [2.24, 2.45) is 5.73 Å². The summed E-state index contributed by atoms with van der Waals surface area (Å²) in [4.78, 5) is 26.7. The molecular formula is C10H13N3O3S. The first-order valence-corrected chi connectivity index (χ1v) is 6.14. The fourth-order valence-corrected chi connectivity index (χ4v) is 2.31. The molecule has 1 saturated heterocycles. The van der Waals surface area contributed by atoms with E-state index in [0.717, 1.165) is 30.8 Å². The van der Waals surface area contributed by atoms with Gasteiger partial charge in [0.05, 0.1) is 18.7 Å². The summed E-state index contributed by atoms with van der Waals surface area (Å²) < 4.78 is 5.35. The van der Waals surface area contributed by atoms with Crippen LogP contribution in [0.1, 0.15) is 28.9 Å². The van der Waals surface area contributed by atoms with Crippen molar-refractivity contribution >= 4 is 28.3 Å². The Morgan fingerprint density at radius 3 is 3.06 bits per heavy atom. The lowest BCUT2D eigenvalue weighted by molar-refractivity contribution is -0.118. The van der Waals surface area contributed by atoms with Gasteiger partial charge < -0.3 is 15.8 Å². The minimum Gasteiger partial charge on any atom is -0.378 e. The molecule has 92 valence electrons. The number of hydrogen-bond donors (Lipinski definition) is 2. The molecule has 0 unspecified atom stereocenters. The van der Waals surface area contributed by atoms with Crippen LogP contribution < -0.4 is 11.1 Å². The second kappa shape index (κ2) is 5.24. The molecule has 3 N–H and O–H groups in total. The van der Waals surface area contributed by atoms with Crippen LogP contribution in [0.25, 0.3) is 0 Å².